The number of aryl methyl sites for hydroxylation is 1. The van der Waals surface area contributed by atoms with Gasteiger partial charge in [0.25, 0.3) is 5.91 Å². The van der Waals surface area contributed by atoms with E-state index >= 15 is 0 Å². The summed E-state index contributed by atoms with van der Waals surface area (Å²) in [6, 6.07) is 5.82. The molecule has 1 rings (SSSR count). The molecule has 17 heavy (non-hydrogen) atoms. The number of carbonyl (C=O) groups excluding carboxylic acids is 1. The Morgan fingerprint density at radius 3 is 2.82 bits per heavy atom. The van der Waals surface area contributed by atoms with E-state index < -0.39 is 17.8 Å². The molecule has 0 saturated carbocycles. The monoisotopic (exact) mass is 234 g/mol. The van der Waals surface area contributed by atoms with E-state index in [1.54, 1.807) is 13.0 Å². The summed E-state index contributed by atoms with van der Waals surface area (Å²) in [7, 11) is 0. The number of amides is 1. The number of nitriles is 1. The second-order valence-corrected chi connectivity index (χ2v) is 3.93. The van der Waals surface area contributed by atoms with Crippen LogP contribution in [0.25, 0.3) is 0 Å². The lowest BCUT2D eigenvalue weighted by molar-refractivity contribution is 0.0940. The highest BCUT2D eigenvalue weighted by atomic mass is 19.1. The maximum Gasteiger partial charge on any atom is 0.255 e. The molecule has 1 unspecified atom stereocenters. The zero-order valence-electron chi connectivity index (χ0n) is 9.96. The Bertz CT molecular complexity index is 451. The summed E-state index contributed by atoms with van der Waals surface area (Å²) in [5, 5.41) is 11.3. The quantitative estimate of drug-likeness (QED) is 0.870. The van der Waals surface area contributed by atoms with E-state index in [-0.39, 0.29) is 5.56 Å². The van der Waals surface area contributed by atoms with E-state index in [0.29, 0.717) is 6.42 Å². The van der Waals surface area contributed by atoms with Gasteiger partial charge in [0.1, 0.15) is 11.9 Å². The molecule has 0 aliphatic rings. The molecule has 4 heteroatoms. The van der Waals surface area contributed by atoms with Crippen LogP contribution in [0, 0.1) is 24.1 Å². The van der Waals surface area contributed by atoms with Crippen LogP contribution in [-0.4, -0.2) is 11.9 Å². The maximum absolute atomic E-state index is 13.5. The van der Waals surface area contributed by atoms with E-state index in [2.05, 4.69) is 5.32 Å². The fourth-order valence-electron chi connectivity index (χ4n) is 1.50. The van der Waals surface area contributed by atoms with Crippen molar-refractivity contribution < 1.29 is 9.18 Å². The summed E-state index contributed by atoms with van der Waals surface area (Å²) < 4.78 is 13.5. The van der Waals surface area contributed by atoms with Crippen LogP contribution in [-0.2, 0) is 0 Å². The van der Waals surface area contributed by atoms with Crippen LogP contribution < -0.4 is 5.32 Å². The topological polar surface area (TPSA) is 52.9 Å². The van der Waals surface area contributed by atoms with Crippen molar-refractivity contribution in [3.8, 4) is 6.07 Å². The van der Waals surface area contributed by atoms with Gasteiger partial charge in [-0.3, -0.25) is 4.79 Å². The lowest BCUT2D eigenvalue weighted by Gasteiger charge is -2.11. The van der Waals surface area contributed by atoms with Crippen molar-refractivity contribution in [1.82, 2.24) is 5.32 Å². The number of hydrogen-bond donors (Lipinski definition) is 1. The van der Waals surface area contributed by atoms with Crippen molar-refractivity contribution in [3.05, 3.63) is 35.1 Å². The predicted octanol–water partition coefficient (Wildman–Crippen LogP) is 2.56. The molecular weight excluding hydrogens is 219 g/mol. The first-order valence-electron chi connectivity index (χ1n) is 5.55. The highest BCUT2D eigenvalue weighted by molar-refractivity contribution is 5.94. The Hall–Kier alpha value is -1.89. The van der Waals surface area contributed by atoms with Crippen LogP contribution in [0.2, 0.25) is 0 Å². The molecule has 0 bridgehead atoms. The van der Waals surface area contributed by atoms with Gasteiger partial charge in [-0.15, -0.1) is 0 Å². The van der Waals surface area contributed by atoms with Gasteiger partial charge in [0.15, 0.2) is 0 Å². The van der Waals surface area contributed by atoms with E-state index in [4.69, 9.17) is 5.26 Å². The lowest BCUT2D eigenvalue weighted by atomic mass is 10.1. The van der Waals surface area contributed by atoms with Crippen molar-refractivity contribution in [1.29, 1.82) is 5.26 Å². The molecular formula is C13H15FN2O. The van der Waals surface area contributed by atoms with Crippen molar-refractivity contribution in [2.45, 2.75) is 32.7 Å². The van der Waals surface area contributed by atoms with Gasteiger partial charge in [0.2, 0.25) is 0 Å². The third-order valence-corrected chi connectivity index (χ3v) is 2.41. The summed E-state index contributed by atoms with van der Waals surface area (Å²) in [5.41, 5.74) is 0.733. The maximum atomic E-state index is 13.5. The molecule has 1 aromatic rings. The van der Waals surface area contributed by atoms with E-state index in [9.17, 15) is 9.18 Å². The van der Waals surface area contributed by atoms with Gasteiger partial charge in [0, 0.05) is 0 Å². The fraction of sp³-hybridized carbons (Fsp3) is 0.385. The Kier molecular flexibility index (Phi) is 4.65. The molecule has 0 fully saturated rings. The SMILES string of the molecule is CCCC(C#N)NC(=O)c1ccc(C)cc1F. The number of nitrogens with zero attached hydrogens (tertiary/aromatic N) is 1. The van der Waals surface area contributed by atoms with Crippen LogP contribution >= 0.6 is 0 Å². The molecule has 0 radical (unpaired) electrons. The molecule has 3 nitrogen and oxygen atoms in total. The van der Waals surface area contributed by atoms with Crippen LogP contribution in [0.1, 0.15) is 35.7 Å². The van der Waals surface area contributed by atoms with Crippen molar-refractivity contribution in [3.63, 3.8) is 0 Å². The zero-order valence-corrected chi connectivity index (χ0v) is 9.96. The van der Waals surface area contributed by atoms with Crippen LogP contribution in [0.5, 0.6) is 0 Å². The minimum absolute atomic E-state index is 0.0213. The van der Waals surface area contributed by atoms with Crippen LogP contribution in [0.15, 0.2) is 18.2 Å². The van der Waals surface area contributed by atoms with E-state index in [0.717, 1.165) is 12.0 Å². The second-order valence-electron chi connectivity index (χ2n) is 3.93. The molecule has 1 amide bonds. The number of rotatable bonds is 4. The minimum Gasteiger partial charge on any atom is -0.336 e. The third kappa shape index (κ3) is 3.56. The Morgan fingerprint density at radius 2 is 2.29 bits per heavy atom. The normalized spacial score (nSPS) is 11.6. The number of nitrogens with one attached hydrogen (secondary N) is 1. The number of benzene rings is 1. The fourth-order valence-corrected chi connectivity index (χ4v) is 1.50. The Morgan fingerprint density at radius 1 is 1.59 bits per heavy atom. The first kappa shape index (κ1) is 13.2. The summed E-state index contributed by atoms with van der Waals surface area (Å²) >= 11 is 0. The van der Waals surface area contributed by atoms with Crippen molar-refractivity contribution >= 4 is 5.91 Å². The number of carbonyl (C=O) groups is 1. The lowest BCUT2D eigenvalue weighted by Crippen LogP contribution is -2.34. The molecule has 0 aliphatic carbocycles. The van der Waals surface area contributed by atoms with Crippen LogP contribution in [0.3, 0.4) is 0 Å². The average Bonchev–Trinajstić information content (AvgIpc) is 2.28. The number of halogens is 1. The summed E-state index contributed by atoms with van der Waals surface area (Å²) in [6.45, 7) is 3.67. The first-order valence-corrected chi connectivity index (χ1v) is 5.55. The highest BCUT2D eigenvalue weighted by Gasteiger charge is 2.15. The second kappa shape index (κ2) is 6.00. The van der Waals surface area contributed by atoms with E-state index in [1.807, 2.05) is 13.0 Å². The molecule has 0 saturated heterocycles. The Labute approximate surface area is 100 Å². The van der Waals surface area contributed by atoms with Gasteiger partial charge in [-0.05, 0) is 31.0 Å². The summed E-state index contributed by atoms with van der Waals surface area (Å²) in [6.07, 6.45) is 1.35. The molecule has 90 valence electrons. The van der Waals surface area contributed by atoms with Gasteiger partial charge in [-0.2, -0.15) is 5.26 Å². The Balaban J connectivity index is 2.79. The zero-order chi connectivity index (χ0) is 12.8. The van der Waals surface area contributed by atoms with Gasteiger partial charge < -0.3 is 5.32 Å². The highest BCUT2D eigenvalue weighted by Crippen LogP contribution is 2.10. The number of hydrogen-bond acceptors (Lipinski definition) is 2. The van der Waals surface area contributed by atoms with Gasteiger partial charge >= 0.3 is 0 Å². The van der Waals surface area contributed by atoms with E-state index in [1.165, 1.54) is 12.1 Å². The largest absolute Gasteiger partial charge is 0.336 e. The molecule has 1 N–H and O–H groups in total. The standard InChI is InChI=1S/C13H15FN2O/c1-3-4-10(8-15)16-13(17)11-6-5-9(2)7-12(11)14/h5-7,10H,3-4H2,1-2H3,(H,16,17). The summed E-state index contributed by atoms with van der Waals surface area (Å²) in [4.78, 5) is 11.7. The predicted molar refractivity (Wildman–Crippen MR) is 62.9 cm³/mol. The minimum atomic E-state index is -0.562. The van der Waals surface area contributed by atoms with Gasteiger partial charge in [0.05, 0.1) is 11.6 Å². The van der Waals surface area contributed by atoms with Crippen molar-refractivity contribution in [2.75, 3.05) is 0 Å². The molecule has 1 atom stereocenters. The molecule has 0 aromatic heterocycles. The molecule has 0 spiro atoms. The smallest absolute Gasteiger partial charge is 0.255 e. The van der Waals surface area contributed by atoms with Gasteiger partial charge in [-0.1, -0.05) is 19.4 Å². The van der Waals surface area contributed by atoms with Crippen LogP contribution in [0.4, 0.5) is 4.39 Å². The molecule has 0 aliphatic heterocycles. The third-order valence-electron chi connectivity index (χ3n) is 2.41. The summed E-state index contributed by atoms with van der Waals surface area (Å²) in [5.74, 6) is -1.10. The average molecular weight is 234 g/mol. The van der Waals surface area contributed by atoms with Gasteiger partial charge in [-0.25, -0.2) is 4.39 Å². The molecule has 0 heterocycles. The molecule has 1 aromatic carbocycles. The van der Waals surface area contributed by atoms with Crippen molar-refractivity contribution in [2.24, 2.45) is 0 Å². The first-order chi connectivity index (χ1) is 8.08.